The SMILES string of the molecule is O=C1CCN(CC2=CCCC=C2)C1. The van der Waals surface area contributed by atoms with Gasteiger partial charge in [-0.25, -0.2) is 0 Å². The van der Waals surface area contributed by atoms with Crippen molar-refractivity contribution in [2.24, 2.45) is 0 Å². The fourth-order valence-electron chi connectivity index (χ4n) is 1.87. The van der Waals surface area contributed by atoms with Crippen molar-refractivity contribution in [2.75, 3.05) is 19.6 Å². The molecule has 2 aliphatic rings. The molecule has 0 spiro atoms. The Morgan fingerprint density at radius 3 is 2.92 bits per heavy atom. The summed E-state index contributed by atoms with van der Waals surface area (Å²) < 4.78 is 0. The lowest BCUT2D eigenvalue weighted by molar-refractivity contribution is -0.116. The van der Waals surface area contributed by atoms with Crippen LogP contribution in [0.3, 0.4) is 0 Å². The molecule has 1 aliphatic carbocycles. The molecule has 0 unspecified atom stereocenters. The number of likely N-dealkylation sites (tertiary alicyclic amines) is 1. The lowest BCUT2D eigenvalue weighted by Gasteiger charge is -2.15. The summed E-state index contributed by atoms with van der Waals surface area (Å²) in [5.41, 5.74) is 1.38. The number of allylic oxidation sites excluding steroid dienone is 2. The Kier molecular flexibility index (Phi) is 2.60. The highest BCUT2D eigenvalue weighted by molar-refractivity contribution is 5.82. The quantitative estimate of drug-likeness (QED) is 0.637. The molecule has 0 atom stereocenters. The van der Waals surface area contributed by atoms with E-state index in [0.29, 0.717) is 12.3 Å². The van der Waals surface area contributed by atoms with Gasteiger partial charge in [0.25, 0.3) is 0 Å². The zero-order chi connectivity index (χ0) is 9.10. The van der Waals surface area contributed by atoms with Crippen molar-refractivity contribution in [2.45, 2.75) is 19.3 Å². The van der Waals surface area contributed by atoms with E-state index in [1.165, 1.54) is 12.0 Å². The smallest absolute Gasteiger partial charge is 0.148 e. The molecule has 0 aromatic heterocycles. The van der Waals surface area contributed by atoms with Crippen LogP contribution in [0.25, 0.3) is 0 Å². The zero-order valence-corrected chi connectivity index (χ0v) is 7.83. The topological polar surface area (TPSA) is 20.3 Å². The van der Waals surface area contributed by atoms with Crippen molar-refractivity contribution >= 4 is 5.78 Å². The standard InChI is InChI=1S/C11H15NO/c13-11-6-7-12(9-11)8-10-4-2-1-3-5-10/h2,4-5H,1,3,6-9H2. The number of carbonyl (C=O) groups is 1. The van der Waals surface area contributed by atoms with Crippen molar-refractivity contribution in [3.05, 3.63) is 23.8 Å². The number of carbonyl (C=O) groups excluding carboxylic acids is 1. The Morgan fingerprint density at radius 2 is 2.31 bits per heavy atom. The molecule has 0 radical (unpaired) electrons. The van der Waals surface area contributed by atoms with Crippen LogP contribution in [0.15, 0.2) is 23.8 Å². The molecule has 0 amide bonds. The minimum absolute atomic E-state index is 0.389. The normalized spacial score (nSPS) is 23.7. The van der Waals surface area contributed by atoms with Crippen LogP contribution in [0.5, 0.6) is 0 Å². The molecule has 1 heterocycles. The van der Waals surface area contributed by atoms with E-state index < -0.39 is 0 Å². The first kappa shape index (κ1) is 8.70. The molecule has 0 N–H and O–H groups in total. The van der Waals surface area contributed by atoms with Gasteiger partial charge in [-0.15, -0.1) is 0 Å². The van der Waals surface area contributed by atoms with Gasteiger partial charge in [-0.2, -0.15) is 0 Å². The van der Waals surface area contributed by atoms with Crippen LogP contribution in [-0.4, -0.2) is 30.3 Å². The third-order valence-corrected chi connectivity index (χ3v) is 2.58. The van der Waals surface area contributed by atoms with Crippen LogP contribution in [0.1, 0.15) is 19.3 Å². The maximum Gasteiger partial charge on any atom is 0.148 e. The van der Waals surface area contributed by atoms with Crippen molar-refractivity contribution in [1.82, 2.24) is 4.90 Å². The molecular formula is C11H15NO. The lowest BCUT2D eigenvalue weighted by atomic mass is 10.1. The van der Waals surface area contributed by atoms with Crippen molar-refractivity contribution < 1.29 is 4.79 Å². The predicted octanol–water partition coefficient (Wildman–Crippen LogP) is 1.54. The van der Waals surface area contributed by atoms with E-state index in [-0.39, 0.29) is 0 Å². The van der Waals surface area contributed by atoms with Gasteiger partial charge in [-0.05, 0) is 18.4 Å². The van der Waals surface area contributed by atoms with Gasteiger partial charge in [-0.1, -0.05) is 18.2 Å². The third-order valence-electron chi connectivity index (χ3n) is 2.58. The van der Waals surface area contributed by atoms with Crippen LogP contribution < -0.4 is 0 Å². The van der Waals surface area contributed by atoms with E-state index in [0.717, 1.165) is 25.9 Å². The highest BCUT2D eigenvalue weighted by Crippen LogP contribution is 2.13. The van der Waals surface area contributed by atoms with Crippen molar-refractivity contribution in [3.63, 3.8) is 0 Å². The highest BCUT2D eigenvalue weighted by atomic mass is 16.1. The van der Waals surface area contributed by atoms with Gasteiger partial charge in [0.15, 0.2) is 0 Å². The van der Waals surface area contributed by atoms with E-state index >= 15 is 0 Å². The number of Topliss-reactive ketones (excluding diaryl/α,β-unsaturated/α-hetero) is 1. The molecule has 0 aromatic rings. The monoisotopic (exact) mass is 177 g/mol. The number of hydrogen-bond acceptors (Lipinski definition) is 2. The molecular weight excluding hydrogens is 162 g/mol. The summed E-state index contributed by atoms with van der Waals surface area (Å²) in [5.74, 6) is 0.389. The van der Waals surface area contributed by atoms with Gasteiger partial charge in [0.1, 0.15) is 5.78 Å². The fourth-order valence-corrected chi connectivity index (χ4v) is 1.87. The molecule has 0 aromatic carbocycles. The molecule has 0 bridgehead atoms. The Labute approximate surface area is 78.9 Å². The van der Waals surface area contributed by atoms with Gasteiger partial charge in [0, 0.05) is 19.5 Å². The van der Waals surface area contributed by atoms with Gasteiger partial charge in [-0.3, -0.25) is 9.69 Å². The van der Waals surface area contributed by atoms with Gasteiger partial charge >= 0.3 is 0 Å². The molecule has 1 saturated heterocycles. The summed E-state index contributed by atoms with van der Waals surface area (Å²) in [7, 11) is 0. The molecule has 2 heteroatoms. The molecule has 2 nitrogen and oxygen atoms in total. The Morgan fingerprint density at radius 1 is 1.38 bits per heavy atom. The number of rotatable bonds is 2. The van der Waals surface area contributed by atoms with Gasteiger partial charge in [0.2, 0.25) is 0 Å². The number of ketones is 1. The second-order valence-electron chi connectivity index (χ2n) is 3.76. The Bertz CT molecular complexity index is 265. The average Bonchev–Trinajstić information content (AvgIpc) is 2.53. The molecule has 13 heavy (non-hydrogen) atoms. The first-order valence-corrected chi connectivity index (χ1v) is 4.94. The number of nitrogens with zero attached hydrogens (tertiary/aromatic N) is 1. The first-order valence-electron chi connectivity index (χ1n) is 4.94. The average molecular weight is 177 g/mol. The second-order valence-corrected chi connectivity index (χ2v) is 3.76. The van der Waals surface area contributed by atoms with E-state index in [9.17, 15) is 4.79 Å². The minimum atomic E-state index is 0.389. The maximum atomic E-state index is 11.0. The van der Waals surface area contributed by atoms with Gasteiger partial charge in [0.05, 0.1) is 6.54 Å². The fraction of sp³-hybridized carbons (Fsp3) is 0.545. The Balaban J connectivity index is 1.87. The van der Waals surface area contributed by atoms with E-state index in [2.05, 4.69) is 23.1 Å². The summed E-state index contributed by atoms with van der Waals surface area (Å²) in [6.07, 6.45) is 9.76. The van der Waals surface area contributed by atoms with E-state index in [4.69, 9.17) is 0 Å². The van der Waals surface area contributed by atoms with Crippen LogP contribution in [0, 0.1) is 0 Å². The third kappa shape index (κ3) is 2.28. The predicted molar refractivity (Wildman–Crippen MR) is 52.5 cm³/mol. The molecule has 1 fully saturated rings. The largest absolute Gasteiger partial charge is 0.298 e. The molecule has 70 valence electrons. The summed E-state index contributed by atoms with van der Waals surface area (Å²) in [6.45, 7) is 2.57. The minimum Gasteiger partial charge on any atom is -0.298 e. The summed E-state index contributed by atoms with van der Waals surface area (Å²) >= 11 is 0. The summed E-state index contributed by atoms with van der Waals surface area (Å²) in [4.78, 5) is 13.2. The van der Waals surface area contributed by atoms with Crippen molar-refractivity contribution in [1.29, 1.82) is 0 Å². The van der Waals surface area contributed by atoms with Gasteiger partial charge < -0.3 is 0 Å². The van der Waals surface area contributed by atoms with E-state index in [1.807, 2.05) is 0 Å². The molecule has 0 saturated carbocycles. The second kappa shape index (κ2) is 3.88. The van der Waals surface area contributed by atoms with E-state index in [1.54, 1.807) is 0 Å². The lowest BCUT2D eigenvalue weighted by Crippen LogP contribution is -2.23. The zero-order valence-electron chi connectivity index (χ0n) is 7.83. The maximum absolute atomic E-state index is 11.0. The first-order chi connectivity index (χ1) is 6.34. The summed E-state index contributed by atoms with van der Waals surface area (Å²) in [5, 5.41) is 0. The van der Waals surface area contributed by atoms with Crippen LogP contribution >= 0.6 is 0 Å². The van der Waals surface area contributed by atoms with Crippen LogP contribution in [-0.2, 0) is 4.79 Å². The van der Waals surface area contributed by atoms with Crippen molar-refractivity contribution in [3.8, 4) is 0 Å². The van der Waals surface area contributed by atoms with Crippen LogP contribution in [0.2, 0.25) is 0 Å². The highest BCUT2D eigenvalue weighted by Gasteiger charge is 2.19. The molecule has 1 aliphatic heterocycles. The van der Waals surface area contributed by atoms with Crippen LogP contribution in [0.4, 0.5) is 0 Å². The number of hydrogen-bond donors (Lipinski definition) is 0. The summed E-state index contributed by atoms with van der Waals surface area (Å²) in [6, 6.07) is 0. The molecule has 2 rings (SSSR count). The Hall–Kier alpha value is -0.890.